The van der Waals surface area contributed by atoms with Crippen molar-refractivity contribution in [3.63, 3.8) is 0 Å². The van der Waals surface area contributed by atoms with Gasteiger partial charge in [0.2, 0.25) is 0 Å². The molecule has 0 saturated heterocycles. The van der Waals surface area contributed by atoms with Crippen molar-refractivity contribution in [3.8, 4) is 0 Å². The van der Waals surface area contributed by atoms with Gasteiger partial charge < -0.3 is 11.1 Å². The van der Waals surface area contributed by atoms with Crippen molar-refractivity contribution >= 4 is 5.69 Å². The van der Waals surface area contributed by atoms with Crippen LogP contribution in [0.1, 0.15) is 24.8 Å². The number of nitrogens with one attached hydrogen (secondary N) is 1. The van der Waals surface area contributed by atoms with Crippen molar-refractivity contribution < 1.29 is 4.39 Å². The molecule has 0 radical (unpaired) electrons. The van der Waals surface area contributed by atoms with Crippen LogP contribution < -0.4 is 11.1 Å². The molecule has 1 saturated carbocycles. The van der Waals surface area contributed by atoms with Gasteiger partial charge in [0.15, 0.2) is 0 Å². The van der Waals surface area contributed by atoms with Crippen molar-refractivity contribution in [3.05, 3.63) is 29.6 Å². The molecule has 0 bridgehead atoms. The third-order valence-electron chi connectivity index (χ3n) is 3.18. The van der Waals surface area contributed by atoms with Crippen LogP contribution in [-0.2, 0) is 0 Å². The lowest BCUT2D eigenvalue weighted by Gasteiger charge is -2.20. The summed E-state index contributed by atoms with van der Waals surface area (Å²) >= 11 is 0. The molecule has 1 aromatic carbocycles. The number of anilines is 1. The second kappa shape index (κ2) is 4.19. The summed E-state index contributed by atoms with van der Waals surface area (Å²) in [7, 11) is 0. The molecule has 1 aliphatic rings. The minimum Gasteiger partial charge on any atom is -0.380 e. The molecule has 1 aliphatic carbocycles. The molecule has 3 heteroatoms. The highest BCUT2D eigenvalue weighted by atomic mass is 19.1. The molecule has 2 rings (SSSR count). The van der Waals surface area contributed by atoms with Crippen molar-refractivity contribution in [2.45, 2.75) is 38.3 Å². The Balaban J connectivity index is 2.13. The van der Waals surface area contributed by atoms with Gasteiger partial charge in [0.25, 0.3) is 0 Å². The fraction of sp³-hybridized carbons (Fsp3) is 0.500. The first-order valence-corrected chi connectivity index (χ1v) is 5.45. The Bertz CT molecular complexity index is 351. The Hall–Kier alpha value is -1.09. The first kappa shape index (κ1) is 10.4. The van der Waals surface area contributed by atoms with Gasteiger partial charge in [-0.15, -0.1) is 0 Å². The van der Waals surface area contributed by atoms with Crippen LogP contribution in [0.4, 0.5) is 10.1 Å². The lowest BCUT2D eigenvalue weighted by molar-refractivity contribution is 0.613. The predicted molar refractivity (Wildman–Crippen MR) is 60.4 cm³/mol. The van der Waals surface area contributed by atoms with Gasteiger partial charge in [-0.25, -0.2) is 4.39 Å². The van der Waals surface area contributed by atoms with E-state index < -0.39 is 0 Å². The molecule has 0 amide bonds. The Morgan fingerprint density at radius 1 is 1.40 bits per heavy atom. The molecule has 1 fully saturated rings. The van der Waals surface area contributed by atoms with E-state index in [1.165, 1.54) is 6.07 Å². The number of hydrogen-bond acceptors (Lipinski definition) is 2. The predicted octanol–water partition coefficient (Wildman–Crippen LogP) is 2.43. The van der Waals surface area contributed by atoms with Gasteiger partial charge >= 0.3 is 0 Å². The zero-order valence-electron chi connectivity index (χ0n) is 8.96. The zero-order valence-corrected chi connectivity index (χ0v) is 8.96. The van der Waals surface area contributed by atoms with E-state index in [0.717, 1.165) is 24.9 Å². The smallest absolute Gasteiger partial charge is 0.128 e. The molecule has 82 valence electrons. The van der Waals surface area contributed by atoms with Crippen molar-refractivity contribution in [1.82, 2.24) is 0 Å². The van der Waals surface area contributed by atoms with E-state index in [1.54, 1.807) is 13.0 Å². The third-order valence-corrected chi connectivity index (χ3v) is 3.18. The van der Waals surface area contributed by atoms with E-state index in [9.17, 15) is 4.39 Å². The van der Waals surface area contributed by atoms with E-state index in [-0.39, 0.29) is 11.9 Å². The second-order valence-electron chi connectivity index (χ2n) is 4.26. The summed E-state index contributed by atoms with van der Waals surface area (Å²) in [5.74, 6) is -0.161. The molecule has 1 aromatic rings. The summed E-state index contributed by atoms with van der Waals surface area (Å²) in [5.41, 5.74) is 7.51. The summed E-state index contributed by atoms with van der Waals surface area (Å²) in [6, 6.07) is 5.61. The summed E-state index contributed by atoms with van der Waals surface area (Å²) in [4.78, 5) is 0. The summed E-state index contributed by atoms with van der Waals surface area (Å²) in [5, 5.41) is 3.33. The molecule has 2 atom stereocenters. The standard InChI is InChI=1S/C12H17FN2/c1-8-9(13)4-2-6-11(8)15-12-7-3-5-10(12)14/h2,4,6,10,12,15H,3,5,7,14H2,1H3/t10-,12+/m0/s1. The van der Waals surface area contributed by atoms with Gasteiger partial charge in [-0.1, -0.05) is 6.07 Å². The maximum Gasteiger partial charge on any atom is 0.128 e. The summed E-state index contributed by atoms with van der Waals surface area (Å²) < 4.78 is 13.3. The van der Waals surface area contributed by atoms with Gasteiger partial charge in [-0.2, -0.15) is 0 Å². The van der Waals surface area contributed by atoms with E-state index in [4.69, 9.17) is 5.73 Å². The summed E-state index contributed by atoms with van der Waals surface area (Å²) in [6.07, 6.45) is 3.30. The van der Waals surface area contributed by atoms with Gasteiger partial charge in [-0.3, -0.25) is 0 Å². The van der Waals surface area contributed by atoms with Crippen LogP contribution in [-0.4, -0.2) is 12.1 Å². The third kappa shape index (κ3) is 2.12. The fourth-order valence-electron chi connectivity index (χ4n) is 2.13. The molecular formula is C12H17FN2. The highest BCUT2D eigenvalue weighted by Crippen LogP contribution is 2.24. The van der Waals surface area contributed by atoms with Gasteiger partial charge in [0, 0.05) is 23.3 Å². The van der Waals surface area contributed by atoms with E-state index in [0.29, 0.717) is 11.6 Å². The van der Waals surface area contributed by atoms with Crippen LogP contribution in [0.2, 0.25) is 0 Å². The molecule has 3 N–H and O–H groups in total. The van der Waals surface area contributed by atoms with Crippen molar-refractivity contribution in [1.29, 1.82) is 0 Å². The molecule has 0 aromatic heterocycles. The maximum absolute atomic E-state index is 13.3. The molecule has 2 nitrogen and oxygen atoms in total. The zero-order chi connectivity index (χ0) is 10.8. The number of halogens is 1. The molecule has 0 spiro atoms. The lowest BCUT2D eigenvalue weighted by atomic mass is 10.1. The van der Waals surface area contributed by atoms with E-state index in [2.05, 4.69) is 5.32 Å². The molecule has 15 heavy (non-hydrogen) atoms. The Morgan fingerprint density at radius 3 is 2.87 bits per heavy atom. The van der Waals surface area contributed by atoms with E-state index >= 15 is 0 Å². The topological polar surface area (TPSA) is 38.0 Å². The van der Waals surface area contributed by atoms with Gasteiger partial charge in [-0.05, 0) is 38.3 Å². The fourth-order valence-corrected chi connectivity index (χ4v) is 2.13. The number of nitrogens with two attached hydrogens (primary N) is 1. The normalized spacial score (nSPS) is 25.5. The minimum atomic E-state index is -0.161. The highest BCUT2D eigenvalue weighted by Gasteiger charge is 2.23. The van der Waals surface area contributed by atoms with Crippen molar-refractivity contribution in [2.24, 2.45) is 5.73 Å². The monoisotopic (exact) mass is 208 g/mol. The van der Waals surface area contributed by atoms with Crippen LogP contribution in [0.15, 0.2) is 18.2 Å². The first-order chi connectivity index (χ1) is 7.18. The minimum absolute atomic E-state index is 0.161. The molecule has 0 unspecified atom stereocenters. The second-order valence-corrected chi connectivity index (χ2v) is 4.26. The van der Waals surface area contributed by atoms with Gasteiger partial charge in [0.05, 0.1) is 0 Å². The SMILES string of the molecule is Cc1c(F)cccc1N[C@@H]1CCC[C@@H]1N. The van der Waals surface area contributed by atoms with Gasteiger partial charge in [0.1, 0.15) is 5.82 Å². The lowest BCUT2D eigenvalue weighted by Crippen LogP contribution is -2.35. The number of hydrogen-bond donors (Lipinski definition) is 2. The molecular weight excluding hydrogens is 191 g/mol. The summed E-state index contributed by atoms with van der Waals surface area (Å²) in [6.45, 7) is 1.79. The van der Waals surface area contributed by atoms with Crippen molar-refractivity contribution in [2.75, 3.05) is 5.32 Å². The van der Waals surface area contributed by atoms with Crippen LogP contribution in [0.25, 0.3) is 0 Å². The van der Waals surface area contributed by atoms with E-state index in [1.807, 2.05) is 6.07 Å². The molecule has 0 aliphatic heterocycles. The average Bonchev–Trinajstić information content (AvgIpc) is 2.60. The Labute approximate surface area is 89.7 Å². The molecule has 0 heterocycles. The average molecular weight is 208 g/mol. The largest absolute Gasteiger partial charge is 0.380 e. The van der Waals surface area contributed by atoms with Crippen LogP contribution in [0.3, 0.4) is 0 Å². The van der Waals surface area contributed by atoms with Crippen LogP contribution >= 0.6 is 0 Å². The highest BCUT2D eigenvalue weighted by molar-refractivity contribution is 5.52. The Morgan fingerprint density at radius 2 is 2.20 bits per heavy atom. The Kier molecular flexibility index (Phi) is 2.91. The van der Waals surface area contributed by atoms with Crippen LogP contribution in [0.5, 0.6) is 0 Å². The first-order valence-electron chi connectivity index (χ1n) is 5.45. The van der Waals surface area contributed by atoms with Crippen LogP contribution in [0, 0.1) is 12.7 Å². The number of benzene rings is 1. The maximum atomic E-state index is 13.3. The quantitative estimate of drug-likeness (QED) is 0.783. The number of rotatable bonds is 2.